The Balaban J connectivity index is 2.54. The highest BCUT2D eigenvalue weighted by atomic mass is 15.1. The second-order valence-corrected chi connectivity index (χ2v) is 5.32. The minimum atomic E-state index is 0.681. The molecule has 0 radical (unpaired) electrons. The first-order valence-corrected chi connectivity index (χ1v) is 6.60. The number of nitrogens with zero attached hydrogens (tertiary/aromatic N) is 1. The fourth-order valence-electron chi connectivity index (χ4n) is 2.02. The van der Waals surface area contributed by atoms with Gasteiger partial charge in [-0.1, -0.05) is 44.6 Å². The van der Waals surface area contributed by atoms with Gasteiger partial charge in [0.15, 0.2) is 0 Å². The SMILES string of the molecule is C/C=C\C1C[C@@H]1/C=C(/CN(C)CC)C(C)C. The molecule has 0 aromatic rings. The van der Waals surface area contributed by atoms with Crippen molar-refractivity contribution in [1.29, 1.82) is 0 Å². The van der Waals surface area contributed by atoms with Gasteiger partial charge in [0.2, 0.25) is 0 Å². The lowest BCUT2D eigenvalue weighted by molar-refractivity contribution is 0.370. The summed E-state index contributed by atoms with van der Waals surface area (Å²) in [6, 6.07) is 0. The lowest BCUT2D eigenvalue weighted by Crippen LogP contribution is -2.22. The van der Waals surface area contributed by atoms with E-state index in [9.17, 15) is 0 Å². The topological polar surface area (TPSA) is 3.24 Å². The standard InChI is InChI=1S/C15H27N/c1-6-8-13-9-14(13)10-15(12(3)4)11-16(5)7-2/h6,8,10,12-14H,7,9,11H2,1-5H3/b8-6-,15-10-/t13?,14-/m1/s1. The molecule has 1 aliphatic rings. The molecular formula is C15H27N. The Hall–Kier alpha value is -0.560. The fourth-order valence-corrected chi connectivity index (χ4v) is 2.02. The van der Waals surface area contributed by atoms with Gasteiger partial charge in [0, 0.05) is 6.54 Å². The molecule has 0 bridgehead atoms. The lowest BCUT2D eigenvalue weighted by Gasteiger charge is -2.19. The quantitative estimate of drug-likeness (QED) is 0.618. The molecule has 0 heterocycles. The van der Waals surface area contributed by atoms with Crippen molar-refractivity contribution in [3.8, 4) is 0 Å². The van der Waals surface area contributed by atoms with Crippen molar-refractivity contribution in [3.05, 3.63) is 23.8 Å². The minimum Gasteiger partial charge on any atom is -0.303 e. The Labute approximate surface area is 101 Å². The van der Waals surface area contributed by atoms with E-state index in [0.29, 0.717) is 5.92 Å². The van der Waals surface area contributed by atoms with Gasteiger partial charge in [-0.15, -0.1) is 0 Å². The van der Waals surface area contributed by atoms with Gasteiger partial charge >= 0.3 is 0 Å². The number of hydrogen-bond acceptors (Lipinski definition) is 1. The molecular weight excluding hydrogens is 194 g/mol. The van der Waals surface area contributed by atoms with Gasteiger partial charge in [0.05, 0.1) is 0 Å². The van der Waals surface area contributed by atoms with Crippen LogP contribution in [0.1, 0.15) is 34.1 Å². The van der Waals surface area contributed by atoms with E-state index in [2.05, 4.69) is 57.9 Å². The van der Waals surface area contributed by atoms with Crippen molar-refractivity contribution in [3.63, 3.8) is 0 Å². The van der Waals surface area contributed by atoms with Crippen molar-refractivity contribution in [2.45, 2.75) is 34.1 Å². The average molecular weight is 221 g/mol. The second kappa shape index (κ2) is 6.24. The molecule has 92 valence electrons. The summed E-state index contributed by atoms with van der Waals surface area (Å²) in [5.74, 6) is 2.32. The third-order valence-corrected chi connectivity index (χ3v) is 3.49. The maximum Gasteiger partial charge on any atom is 0.0192 e. The van der Waals surface area contributed by atoms with Gasteiger partial charge in [-0.25, -0.2) is 0 Å². The molecule has 0 amide bonds. The van der Waals surface area contributed by atoms with Crippen LogP contribution in [0.3, 0.4) is 0 Å². The molecule has 0 aromatic heterocycles. The number of allylic oxidation sites excluding steroid dienone is 3. The zero-order valence-corrected chi connectivity index (χ0v) is 11.5. The normalized spacial score (nSPS) is 26.1. The molecule has 0 aliphatic heterocycles. The van der Waals surface area contributed by atoms with Crippen molar-refractivity contribution < 1.29 is 0 Å². The van der Waals surface area contributed by atoms with Crippen LogP contribution in [-0.2, 0) is 0 Å². The van der Waals surface area contributed by atoms with Crippen LogP contribution in [0.4, 0.5) is 0 Å². The maximum atomic E-state index is 2.53. The van der Waals surface area contributed by atoms with E-state index in [1.54, 1.807) is 5.57 Å². The Kier molecular flexibility index (Phi) is 5.27. The zero-order valence-electron chi connectivity index (χ0n) is 11.5. The van der Waals surface area contributed by atoms with E-state index in [4.69, 9.17) is 0 Å². The minimum absolute atomic E-state index is 0.681. The van der Waals surface area contributed by atoms with Crippen LogP contribution in [0, 0.1) is 17.8 Å². The maximum absolute atomic E-state index is 2.53. The Morgan fingerprint density at radius 1 is 1.38 bits per heavy atom. The van der Waals surface area contributed by atoms with Gasteiger partial charge in [-0.3, -0.25) is 0 Å². The van der Waals surface area contributed by atoms with Crippen LogP contribution in [0.25, 0.3) is 0 Å². The summed E-state index contributed by atoms with van der Waals surface area (Å²) < 4.78 is 0. The first-order chi connectivity index (χ1) is 7.58. The van der Waals surface area contributed by atoms with E-state index in [0.717, 1.165) is 24.9 Å². The van der Waals surface area contributed by atoms with E-state index >= 15 is 0 Å². The molecule has 1 aliphatic carbocycles. The summed E-state index contributed by atoms with van der Waals surface area (Å²) in [6.07, 6.45) is 8.42. The Morgan fingerprint density at radius 3 is 2.56 bits per heavy atom. The van der Waals surface area contributed by atoms with E-state index in [1.165, 1.54) is 6.42 Å². The highest BCUT2D eigenvalue weighted by Gasteiger charge is 2.32. The van der Waals surface area contributed by atoms with Gasteiger partial charge in [-0.05, 0) is 44.7 Å². The van der Waals surface area contributed by atoms with Crippen molar-refractivity contribution >= 4 is 0 Å². The molecule has 1 saturated carbocycles. The third-order valence-electron chi connectivity index (χ3n) is 3.49. The highest BCUT2D eigenvalue weighted by molar-refractivity contribution is 5.17. The van der Waals surface area contributed by atoms with Crippen LogP contribution in [0.15, 0.2) is 23.8 Å². The molecule has 0 saturated heterocycles. The van der Waals surface area contributed by atoms with Crippen LogP contribution >= 0.6 is 0 Å². The second-order valence-electron chi connectivity index (χ2n) is 5.32. The first kappa shape index (κ1) is 13.5. The summed E-state index contributed by atoms with van der Waals surface area (Å²) in [6.45, 7) is 11.2. The number of rotatable bonds is 6. The molecule has 0 N–H and O–H groups in total. The van der Waals surface area contributed by atoms with Crippen LogP contribution in [0.2, 0.25) is 0 Å². The zero-order chi connectivity index (χ0) is 12.1. The van der Waals surface area contributed by atoms with Crippen molar-refractivity contribution in [2.24, 2.45) is 17.8 Å². The van der Waals surface area contributed by atoms with Crippen LogP contribution in [-0.4, -0.2) is 25.0 Å². The predicted molar refractivity (Wildman–Crippen MR) is 72.5 cm³/mol. The third kappa shape index (κ3) is 4.13. The molecule has 1 rings (SSSR count). The molecule has 0 aromatic carbocycles. The monoisotopic (exact) mass is 221 g/mol. The van der Waals surface area contributed by atoms with Crippen molar-refractivity contribution in [1.82, 2.24) is 4.90 Å². The van der Waals surface area contributed by atoms with Crippen molar-refractivity contribution in [2.75, 3.05) is 20.1 Å². The number of hydrogen-bond donors (Lipinski definition) is 0. The van der Waals surface area contributed by atoms with E-state index in [1.807, 2.05) is 0 Å². The smallest absolute Gasteiger partial charge is 0.0192 e. The molecule has 16 heavy (non-hydrogen) atoms. The number of likely N-dealkylation sites (N-methyl/N-ethyl adjacent to an activating group) is 1. The Bertz CT molecular complexity index is 263. The first-order valence-electron chi connectivity index (χ1n) is 6.60. The fraction of sp³-hybridized carbons (Fsp3) is 0.733. The largest absolute Gasteiger partial charge is 0.303 e. The summed E-state index contributed by atoms with van der Waals surface area (Å²) in [4.78, 5) is 2.39. The van der Waals surface area contributed by atoms with Gasteiger partial charge in [-0.2, -0.15) is 0 Å². The predicted octanol–water partition coefficient (Wildman–Crippen LogP) is 3.73. The van der Waals surface area contributed by atoms with Gasteiger partial charge < -0.3 is 4.90 Å². The lowest BCUT2D eigenvalue weighted by atomic mass is 10.0. The summed E-state index contributed by atoms with van der Waals surface area (Å²) >= 11 is 0. The summed E-state index contributed by atoms with van der Waals surface area (Å²) in [5, 5.41) is 0. The average Bonchev–Trinajstić information content (AvgIpc) is 2.95. The molecule has 1 heteroatoms. The van der Waals surface area contributed by atoms with Gasteiger partial charge in [0.25, 0.3) is 0 Å². The molecule has 0 spiro atoms. The molecule has 1 nitrogen and oxygen atoms in total. The van der Waals surface area contributed by atoms with Gasteiger partial charge in [0.1, 0.15) is 0 Å². The molecule has 2 atom stereocenters. The Morgan fingerprint density at radius 2 is 2.06 bits per heavy atom. The summed E-state index contributed by atoms with van der Waals surface area (Å²) in [7, 11) is 2.20. The molecule has 1 fully saturated rings. The summed E-state index contributed by atoms with van der Waals surface area (Å²) in [5.41, 5.74) is 1.61. The van der Waals surface area contributed by atoms with E-state index in [-0.39, 0.29) is 0 Å². The van der Waals surface area contributed by atoms with E-state index < -0.39 is 0 Å². The van der Waals surface area contributed by atoms with Crippen LogP contribution in [0.5, 0.6) is 0 Å². The van der Waals surface area contributed by atoms with Crippen LogP contribution < -0.4 is 0 Å². The molecule has 1 unspecified atom stereocenters. The highest BCUT2D eigenvalue weighted by Crippen LogP contribution is 2.42.